The van der Waals surface area contributed by atoms with E-state index in [1.54, 1.807) is 13.0 Å². The Labute approximate surface area is 114 Å². The van der Waals surface area contributed by atoms with Gasteiger partial charge in [0.2, 0.25) is 0 Å². The Morgan fingerprint density at radius 1 is 1.53 bits per heavy atom. The van der Waals surface area contributed by atoms with Crippen molar-refractivity contribution in [2.24, 2.45) is 0 Å². The number of anilines is 2. The number of rotatable bonds is 1. The normalized spacial score (nSPS) is 25.1. The Bertz CT molecular complexity index is 437. The third-order valence-corrected chi connectivity index (χ3v) is 3.91. The molecule has 94 valence electrons. The Kier molecular flexibility index (Phi) is 3.49. The molecule has 2 rings (SSSR count). The molecule has 1 aromatic carbocycles. The highest BCUT2D eigenvalue weighted by Gasteiger charge is 2.29. The van der Waals surface area contributed by atoms with Gasteiger partial charge in [-0.25, -0.2) is 4.39 Å². The monoisotopic (exact) mass is 350 g/mol. The number of nitrogens with two attached hydrogens (primary N) is 1. The lowest BCUT2D eigenvalue weighted by Crippen LogP contribution is -2.46. The van der Waals surface area contributed by atoms with Crippen molar-refractivity contribution in [3.8, 4) is 0 Å². The maximum Gasteiger partial charge on any atom is 0.138 e. The van der Waals surface area contributed by atoms with Crippen LogP contribution in [0, 0.1) is 9.39 Å². The second kappa shape index (κ2) is 4.61. The number of hydrogen-bond donors (Lipinski definition) is 2. The zero-order chi connectivity index (χ0) is 12.6. The Hall–Kier alpha value is -0.560. The van der Waals surface area contributed by atoms with Gasteiger partial charge in [-0.05, 0) is 48.4 Å². The fraction of sp³-hybridized carbons (Fsp3) is 0.500. The van der Waals surface area contributed by atoms with Crippen LogP contribution in [0.1, 0.15) is 19.8 Å². The molecule has 1 unspecified atom stereocenters. The van der Waals surface area contributed by atoms with E-state index in [0.29, 0.717) is 21.5 Å². The minimum atomic E-state index is -0.718. The summed E-state index contributed by atoms with van der Waals surface area (Å²) in [6.07, 6.45) is 1.66. The van der Waals surface area contributed by atoms with Crippen LogP contribution in [-0.2, 0) is 0 Å². The molecule has 3 nitrogen and oxygen atoms in total. The summed E-state index contributed by atoms with van der Waals surface area (Å²) in [4.78, 5) is 1.96. The van der Waals surface area contributed by atoms with Crippen molar-refractivity contribution in [1.29, 1.82) is 0 Å². The number of aliphatic hydroxyl groups is 1. The lowest BCUT2D eigenvalue weighted by Gasteiger charge is -2.38. The average Bonchev–Trinajstić information content (AvgIpc) is 2.22. The number of benzene rings is 1. The predicted octanol–water partition coefficient (Wildman–Crippen LogP) is 2.36. The standard InChI is InChI=1S/C12H16FIN2O/c1-12(17)3-2-4-16(7-12)11-5-8(13)9(14)6-10(11)15/h5-6,17H,2-4,7,15H2,1H3. The zero-order valence-corrected chi connectivity index (χ0v) is 11.9. The summed E-state index contributed by atoms with van der Waals surface area (Å²) < 4.78 is 14.1. The smallest absolute Gasteiger partial charge is 0.138 e. The van der Waals surface area contributed by atoms with Gasteiger partial charge < -0.3 is 15.7 Å². The first-order valence-corrected chi connectivity index (χ1v) is 6.69. The molecular weight excluding hydrogens is 334 g/mol. The fourth-order valence-corrected chi connectivity index (χ4v) is 2.74. The van der Waals surface area contributed by atoms with Crippen LogP contribution in [0.2, 0.25) is 0 Å². The molecule has 0 aliphatic carbocycles. The summed E-state index contributed by atoms with van der Waals surface area (Å²) in [6.45, 7) is 3.11. The van der Waals surface area contributed by atoms with Gasteiger partial charge >= 0.3 is 0 Å². The number of β-amino-alcohol motifs (C(OH)–C–C–N with tert-alkyl or cyclic N) is 1. The van der Waals surface area contributed by atoms with Crippen LogP contribution in [0.4, 0.5) is 15.8 Å². The van der Waals surface area contributed by atoms with Crippen molar-refractivity contribution in [3.63, 3.8) is 0 Å². The SMILES string of the molecule is CC1(O)CCCN(c2cc(F)c(I)cc2N)C1. The molecule has 0 bridgehead atoms. The van der Waals surface area contributed by atoms with Crippen LogP contribution in [0.5, 0.6) is 0 Å². The second-order valence-electron chi connectivity index (χ2n) is 4.85. The number of nitrogen functional groups attached to an aromatic ring is 1. The van der Waals surface area contributed by atoms with Gasteiger partial charge in [0.15, 0.2) is 0 Å². The van der Waals surface area contributed by atoms with E-state index in [9.17, 15) is 9.50 Å². The third kappa shape index (κ3) is 2.82. The lowest BCUT2D eigenvalue weighted by atomic mass is 9.94. The van der Waals surface area contributed by atoms with Crippen molar-refractivity contribution in [2.75, 3.05) is 23.7 Å². The molecule has 1 aliphatic rings. The maximum absolute atomic E-state index is 13.6. The number of piperidine rings is 1. The van der Waals surface area contributed by atoms with Crippen molar-refractivity contribution in [3.05, 3.63) is 21.5 Å². The topological polar surface area (TPSA) is 49.5 Å². The molecule has 17 heavy (non-hydrogen) atoms. The Morgan fingerprint density at radius 3 is 2.88 bits per heavy atom. The summed E-state index contributed by atoms with van der Waals surface area (Å²) in [5, 5.41) is 10.0. The lowest BCUT2D eigenvalue weighted by molar-refractivity contribution is 0.0449. The minimum absolute atomic E-state index is 0.264. The van der Waals surface area contributed by atoms with Gasteiger partial charge in [0.25, 0.3) is 0 Å². The second-order valence-corrected chi connectivity index (χ2v) is 6.01. The molecule has 0 amide bonds. The quantitative estimate of drug-likeness (QED) is 0.604. The third-order valence-electron chi connectivity index (χ3n) is 3.09. The first-order chi connectivity index (χ1) is 7.89. The van der Waals surface area contributed by atoms with E-state index < -0.39 is 5.60 Å². The number of halogens is 2. The highest BCUT2D eigenvalue weighted by atomic mass is 127. The van der Waals surface area contributed by atoms with Gasteiger partial charge in [0, 0.05) is 19.2 Å². The molecule has 0 radical (unpaired) electrons. The van der Waals surface area contributed by atoms with Crippen LogP contribution in [0.25, 0.3) is 0 Å². The van der Waals surface area contributed by atoms with Gasteiger partial charge in [0.05, 0.1) is 20.5 Å². The van der Waals surface area contributed by atoms with Crippen molar-refractivity contribution in [1.82, 2.24) is 0 Å². The maximum atomic E-state index is 13.6. The molecule has 5 heteroatoms. The fourth-order valence-electron chi connectivity index (χ4n) is 2.25. The first kappa shape index (κ1) is 12.9. The Balaban J connectivity index is 2.31. The summed E-state index contributed by atoms with van der Waals surface area (Å²) in [5.41, 5.74) is 6.44. The highest BCUT2D eigenvalue weighted by molar-refractivity contribution is 14.1. The highest BCUT2D eigenvalue weighted by Crippen LogP contribution is 2.31. The van der Waals surface area contributed by atoms with E-state index in [4.69, 9.17) is 5.73 Å². The molecule has 0 aromatic heterocycles. The van der Waals surface area contributed by atoms with E-state index in [1.165, 1.54) is 6.07 Å². The first-order valence-electron chi connectivity index (χ1n) is 5.61. The van der Waals surface area contributed by atoms with E-state index in [0.717, 1.165) is 19.4 Å². The molecule has 1 atom stereocenters. The van der Waals surface area contributed by atoms with Crippen LogP contribution >= 0.6 is 22.6 Å². The molecule has 1 aromatic rings. The molecule has 1 fully saturated rings. The van der Waals surface area contributed by atoms with Crippen molar-refractivity contribution < 1.29 is 9.50 Å². The van der Waals surface area contributed by atoms with Crippen molar-refractivity contribution >= 4 is 34.0 Å². The van der Waals surface area contributed by atoms with E-state index in [1.807, 2.05) is 27.5 Å². The Morgan fingerprint density at radius 2 is 2.24 bits per heavy atom. The van der Waals surface area contributed by atoms with E-state index in [-0.39, 0.29) is 5.82 Å². The summed E-state index contributed by atoms with van der Waals surface area (Å²) in [7, 11) is 0. The molecule has 0 spiro atoms. The minimum Gasteiger partial charge on any atom is -0.397 e. The van der Waals surface area contributed by atoms with Crippen LogP contribution < -0.4 is 10.6 Å². The molecular formula is C12H16FIN2O. The summed E-state index contributed by atoms with van der Waals surface area (Å²) in [5.74, 6) is -0.264. The molecule has 3 N–H and O–H groups in total. The molecule has 1 heterocycles. The van der Waals surface area contributed by atoms with Gasteiger partial charge in [0.1, 0.15) is 5.82 Å². The van der Waals surface area contributed by atoms with Crippen LogP contribution in [-0.4, -0.2) is 23.8 Å². The van der Waals surface area contributed by atoms with Crippen LogP contribution in [0.3, 0.4) is 0 Å². The van der Waals surface area contributed by atoms with E-state index >= 15 is 0 Å². The average molecular weight is 350 g/mol. The number of hydrogen-bond acceptors (Lipinski definition) is 3. The van der Waals surface area contributed by atoms with E-state index in [2.05, 4.69) is 0 Å². The predicted molar refractivity (Wildman–Crippen MR) is 75.6 cm³/mol. The number of nitrogens with zero attached hydrogens (tertiary/aromatic N) is 1. The van der Waals surface area contributed by atoms with Gasteiger partial charge in [-0.1, -0.05) is 0 Å². The molecule has 1 saturated heterocycles. The van der Waals surface area contributed by atoms with Crippen molar-refractivity contribution in [2.45, 2.75) is 25.4 Å². The zero-order valence-electron chi connectivity index (χ0n) is 9.71. The van der Waals surface area contributed by atoms with Gasteiger partial charge in [-0.15, -0.1) is 0 Å². The summed E-state index contributed by atoms with van der Waals surface area (Å²) >= 11 is 1.92. The van der Waals surface area contributed by atoms with Crippen LogP contribution in [0.15, 0.2) is 12.1 Å². The van der Waals surface area contributed by atoms with Gasteiger partial charge in [-0.2, -0.15) is 0 Å². The van der Waals surface area contributed by atoms with Gasteiger partial charge in [-0.3, -0.25) is 0 Å². The molecule has 0 saturated carbocycles. The summed E-state index contributed by atoms with van der Waals surface area (Å²) in [6, 6.07) is 3.09. The molecule has 1 aliphatic heterocycles. The largest absolute Gasteiger partial charge is 0.397 e.